The molecule has 28 heavy (non-hydrogen) atoms. The summed E-state index contributed by atoms with van der Waals surface area (Å²) in [6, 6.07) is 20.4. The summed E-state index contributed by atoms with van der Waals surface area (Å²) >= 11 is 0. The van der Waals surface area contributed by atoms with E-state index < -0.39 is 0 Å². The van der Waals surface area contributed by atoms with Crippen molar-refractivity contribution in [2.24, 2.45) is 0 Å². The largest absolute Gasteiger partial charge is 0.495 e. The van der Waals surface area contributed by atoms with Crippen LogP contribution < -0.4 is 15.0 Å². The van der Waals surface area contributed by atoms with Crippen molar-refractivity contribution in [2.45, 2.75) is 70.0 Å². The number of likely N-dealkylation sites (N-methyl/N-ethyl adjacent to an activating group) is 1. The summed E-state index contributed by atoms with van der Waals surface area (Å²) in [5.74, 6) is 0.926. The Morgan fingerprint density at radius 3 is 2.18 bits per heavy atom. The molecule has 0 aliphatic heterocycles. The van der Waals surface area contributed by atoms with E-state index in [1.165, 1.54) is 50.5 Å². The van der Waals surface area contributed by atoms with Gasteiger partial charge in [-0.15, -0.1) is 0 Å². The highest BCUT2D eigenvalue weighted by Crippen LogP contribution is 2.32. The summed E-state index contributed by atoms with van der Waals surface area (Å²) in [5, 5.41) is 4.05. The number of ether oxygens (including phenoxy) is 1. The second kappa shape index (κ2) is 10.5. The molecule has 152 valence electrons. The van der Waals surface area contributed by atoms with E-state index in [2.05, 4.69) is 66.7 Å². The number of hydrogen-bond acceptors (Lipinski definition) is 3. The average Bonchev–Trinajstić information content (AvgIpc) is 2.72. The third kappa shape index (κ3) is 5.29. The molecule has 0 unspecified atom stereocenters. The van der Waals surface area contributed by atoms with Gasteiger partial charge in [0.15, 0.2) is 0 Å². The van der Waals surface area contributed by atoms with Gasteiger partial charge in [-0.2, -0.15) is 0 Å². The second-order valence-electron chi connectivity index (χ2n) is 8.12. The molecule has 3 rings (SSSR count). The van der Waals surface area contributed by atoms with Crippen LogP contribution in [0.4, 0.5) is 5.69 Å². The molecule has 0 amide bonds. The first-order valence-electron chi connectivity index (χ1n) is 10.9. The van der Waals surface area contributed by atoms with Crippen LogP contribution in [0.3, 0.4) is 0 Å². The van der Waals surface area contributed by atoms with Gasteiger partial charge >= 0.3 is 0 Å². The Bertz CT molecular complexity index is 695. The van der Waals surface area contributed by atoms with E-state index >= 15 is 0 Å². The van der Waals surface area contributed by atoms with Gasteiger partial charge in [0.2, 0.25) is 0 Å². The zero-order valence-corrected chi connectivity index (χ0v) is 17.7. The Morgan fingerprint density at radius 2 is 1.50 bits per heavy atom. The predicted molar refractivity (Wildman–Crippen MR) is 119 cm³/mol. The fourth-order valence-electron chi connectivity index (χ4n) is 4.42. The smallest absolute Gasteiger partial charge is 0.142 e. The Hall–Kier alpha value is -2.00. The molecule has 3 nitrogen and oxygen atoms in total. The van der Waals surface area contributed by atoms with Crippen LogP contribution in [-0.2, 0) is 0 Å². The van der Waals surface area contributed by atoms with Crippen LogP contribution in [-0.4, -0.2) is 26.2 Å². The fraction of sp³-hybridized carbons (Fsp3) is 0.520. The first kappa shape index (κ1) is 20.7. The molecule has 0 aromatic heterocycles. The molecule has 0 saturated heterocycles. The summed E-state index contributed by atoms with van der Waals surface area (Å²) < 4.78 is 5.62. The molecule has 1 fully saturated rings. The van der Waals surface area contributed by atoms with Crippen LogP contribution in [0.15, 0.2) is 54.6 Å². The third-order valence-corrected chi connectivity index (χ3v) is 6.24. The van der Waals surface area contributed by atoms with Gasteiger partial charge in [0.1, 0.15) is 5.75 Å². The van der Waals surface area contributed by atoms with Gasteiger partial charge < -0.3 is 15.0 Å². The van der Waals surface area contributed by atoms with E-state index in [0.717, 1.165) is 11.4 Å². The number of nitrogens with zero attached hydrogens (tertiary/aromatic N) is 1. The molecule has 0 radical (unpaired) electrons. The first-order valence-corrected chi connectivity index (χ1v) is 10.9. The number of methoxy groups -OCH3 is 1. The van der Waals surface area contributed by atoms with Crippen LogP contribution in [0, 0.1) is 0 Å². The van der Waals surface area contributed by atoms with Crippen molar-refractivity contribution in [3.63, 3.8) is 0 Å². The van der Waals surface area contributed by atoms with Gasteiger partial charge in [0.25, 0.3) is 0 Å². The van der Waals surface area contributed by atoms with Gasteiger partial charge in [0, 0.05) is 19.1 Å². The molecule has 2 atom stereocenters. The summed E-state index contributed by atoms with van der Waals surface area (Å²) in [5.41, 5.74) is 2.50. The lowest BCUT2D eigenvalue weighted by Gasteiger charge is -2.37. The van der Waals surface area contributed by atoms with E-state index in [0.29, 0.717) is 12.1 Å². The summed E-state index contributed by atoms with van der Waals surface area (Å²) in [7, 11) is 3.93. The molecule has 1 N–H and O–H groups in total. The predicted octanol–water partition coefficient (Wildman–Crippen LogP) is 5.96. The molecule has 0 spiro atoms. The Labute approximate surface area is 171 Å². The SMILES string of the molecule is COc1ccccc1N(C)[C@@H](C)[C@H](NC1CCCCCCC1)c1ccccc1. The van der Waals surface area contributed by atoms with Crippen molar-refractivity contribution in [1.82, 2.24) is 5.32 Å². The van der Waals surface area contributed by atoms with E-state index in [1.807, 2.05) is 12.1 Å². The maximum Gasteiger partial charge on any atom is 0.142 e. The summed E-state index contributed by atoms with van der Waals surface area (Å²) in [4.78, 5) is 2.35. The standard InChI is InChI=1S/C25H36N2O/c1-20(27(2)23-18-12-13-19-24(23)28-3)25(21-14-8-7-9-15-21)26-22-16-10-5-4-6-11-17-22/h7-9,12-15,18-20,22,25-26H,4-6,10-11,16-17H2,1-3H3/t20-,25-/m0/s1. The molecule has 1 aliphatic carbocycles. The van der Waals surface area contributed by atoms with Gasteiger partial charge in [-0.3, -0.25) is 0 Å². The number of benzene rings is 2. The highest BCUT2D eigenvalue weighted by atomic mass is 16.5. The minimum atomic E-state index is 0.278. The zero-order valence-electron chi connectivity index (χ0n) is 17.7. The van der Waals surface area contributed by atoms with Gasteiger partial charge in [0.05, 0.1) is 18.8 Å². The minimum Gasteiger partial charge on any atom is -0.495 e. The molecule has 0 heterocycles. The number of rotatable bonds is 7. The molecule has 3 heteroatoms. The Morgan fingerprint density at radius 1 is 0.893 bits per heavy atom. The second-order valence-corrected chi connectivity index (χ2v) is 8.12. The van der Waals surface area contributed by atoms with Gasteiger partial charge in [-0.05, 0) is 37.5 Å². The Kier molecular flexibility index (Phi) is 7.79. The topological polar surface area (TPSA) is 24.5 Å². The van der Waals surface area contributed by atoms with Crippen molar-refractivity contribution in [2.75, 3.05) is 19.1 Å². The lowest BCUT2D eigenvalue weighted by atomic mass is 9.93. The molecule has 1 aliphatic rings. The number of anilines is 1. The third-order valence-electron chi connectivity index (χ3n) is 6.24. The molecular weight excluding hydrogens is 344 g/mol. The van der Waals surface area contributed by atoms with E-state index in [4.69, 9.17) is 4.74 Å². The lowest BCUT2D eigenvalue weighted by Crippen LogP contribution is -2.45. The Balaban J connectivity index is 1.83. The van der Waals surface area contributed by atoms with Crippen molar-refractivity contribution in [1.29, 1.82) is 0 Å². The van der Waals surface area contributed by atoms with Crippen LogP contribution in [0.2, 0.25) is 0 Å². The van der Waals surface area contributed by atoms with Crippen molar-refractivity contribution < 1.29 is 4.74 Å². The fourth-order valence-corrected chi connectivity index (χ4v) is 4.42. The maximum atomic E-state index is 5.62. The molecule has 2 aromatic rings. The molecule has 2 aromatic carbocycles. The maximum absolute atomic E-state index is 5.62. The van der Waals surface area contributed by atoms with E-state index in [9.17, 15) is 0 Å². The highest BCUT2D eigenvalue weighted by Gasteiger charge is 2.27. The summed E-state index contributed by atoms with van der Waals surface area (Å²) in [6.45, 7) is 2.32. The van der Waals surface area contributed by atoms with Crippen molar-refractivity contribution >= 4 is 5.69 Å². The zero-order chi connectivity index (χ0) is 19.8. The normalized spacial score (nSPS) is 18.0. The van der Waals surface area contributed by atoms with Crippen LogP contribution >= 0.6 is 0 Å². The first-order chi connectivity index (χ1) is 13.7. The van der Waals surface area contributed by atoms with Crippen LogP contribution in [0.25, 0.3) is 0 Å². The van der Waals surface area contributed by atoms with Gasteiger partial charge in [-0.1, -0.05) is 74.6 Å². The molecule has 0 bridgehead atoms. The molecular formula is C25H36N2O. The summed E-state index contributed by atoms with van der Waals surface area (Å²) in [6.07, 6.45) is 9.42. The molecule has 1 saturated carbocycles. The highest BCUT2D eigenvalue weighted by molar-refractivity contribution is 5.58. The number of hydrogen-bond donors (Lipinski definition) is 1. The van der Waals surface area contributed by atoms with Crippen molar-refractivity contribution in [3.8, 4) is 5.75 Å². The minimum absolute atomic E-state index is 0.278. The van der Waals surface area contributed by atoms with Crippen molar-refractivity contribution in [3.05, 3.63) is 60.2 Å². The number of para-hydroxylation sites is 2. The van der Waals surface area contributed by atoms with E-state index in [1.54, 1.807) is 7.11 Å². The average molecular weight is 381 g/mol. The quantitative estimate of drug-likeness (QED) is 0.641. The number of nitrogens with one attached hydrogen (secondary N) is 1. The van der Waals surface area contributed by atoms with Crippen LogP contribution in [0.5, 0.6) is 5.75 Å². The van der Waals surface area contributed by atoms with Gasteiger partial charge in [-0.25, -0.2) is 0 Å². The monoisotopic (exact) mass is 380 g/mol. The van der Waals surface area contributed by atoms with Crippen LogP contribution in [0.1, 0.15) is 63.5 Å². The lowest BCUT2D eigenvalue weighted by molar-refractivity contribution is 0.329. The van der Waals surface area contributed by atoms with E-state index in [-0.39, 0.29) is 6.04 Å².